The molecule has 3 nitrogen and oxygen atoms in total. The van der Waals surface area contributed by atoms with Crippen LogP contribution in [-0.2, 0) is 4.74 Å². The van der Waals surface area contributed by atoms with Gasteiger partial charge >= 0.3 is 0 Å². The van der Waals surface area contributed by atoms with Crippen LogP contribution in [-0.4, -0.2) is 6.17 Å². The number of hydrogen-bond acceptors (Lipinski definition) is 3. The van der Waals surface area contributed by atoms with Crippen LogP contribution in [0.15, 0.2) is 25.7 Å². The van der Waals surface area contributed by atoms with Gasteiger partial charge in [-0.2, -0.15) is 0 Å². The lowest BCUT2D eigenvalue weighted by molar-refractivity contribution is 0.406. The number of hydrogen-bond donors (Lipinski definition) is 2. The highest BCUT2D eigenvalue weighted by atomic mass is 16.5. The van der Waals surface area contributed by atoms with Crippen molar-refractivity contribution in [1.29, 1.82) is 0 Å². The summed E-state index contributed by atoms with van der Waals surface area (Å²) in [6.45, 7) is 8.46. The number of ether oxygens (including phenoxy) is 1. The minimum Gasteiger partial charge on any atom is -0.474 e. The summed E-state index contributed by atoms with van der Waals surface area (Å²) in [7, 11) is 0. The van der Waals surface area contributed by atoms with Gasteiger partial charge in [0.15, 0.2) is 0 Å². The summed E-state index contributed by atoms with van der Waals surface area (Å²) in [5.74, 6) is 0. The first-order valence-corrected chi connectivity index (χ1v) is 3.07. The van der Waals surface area contributed by atoms with Crippen LogP contribution in [0, 0.1) is 0 Å². The van der Waals surface area contributed by atoms with E-state index in [0.717, 1.165) is 6.42 Å². The lowest BCUT2D eigenvalue weighted by Gasteiger charge is -1.92. The topological polar surface area (TPSA) is 61.3 Å². The Hall–Kier alpha value is -0.800. The Morgan fingerprint density at radius 3 is 1.70 bits per heavy atom. The zero-order valence-corrected chi connectivity index (χ0v) is 6.42. The second-order valence-corrected chi connectivity index (χ2v) is 1.54. The Labute approximate surface area is 62.3 Å². The molecule has 0 amide bonds. The van der Waals surface area contributed by atoms with E-state index in [2.05, 4.69) is 17.9 Å². The largest absolute Gasteiger partial charge is 0.474 e. The molecule has 4 N–H and O–H groups in total. The fraction of sp³-hybridized carbons (Fsp3) is 0.429. The Bertz CT molecular complexity index is 75.7. The van der Waals surface area contributed by atoms with Gasteiger partial charge in [-0.3, -0.25) is 0 Å². The molecule has 0 aliphatic carbocycles. The molecule has 60 valence electrons. The summed E-state index contributed by atoms with van der Waals surface area (Å²) in [5, 5.41) is 0. The Morgan fingerprint density at radius 1 is 1.40 bits per heavy atom. The molecule has 0 atom stereocenters. The molecule has 3 heteroatoms. The van der Waals surface area contributed by atoms with Crippen molar-refractivity contribution in [3.8, 4) is 0 Å². The highest BCUT2D eigenvalue weighted by molar-refractivity contribution is 4.57. The van der Waals surface area contributed by atoms with E-state index in [1.54, 1.807) is 0 Å². The monoisotopic (exact) mass is 144 g/mol. The van der Waals surface area contributed by atoms with Gasteiger partial charge in [-0.25, -0.2) is 0 Å². The van der Waals surface area contributed by atoms with Gasteiger partial charge in [0.05, 0.1) is 18.7 Å². The van der Waals surface area contributed by atoms with Crippen LogP contribution in [0.4, 0.5) is 0 Å². The highest BCUT2D eigenvalue weighted by Crippen LogP contribution is 1.68. The SMILES string of the molecule is C=COC=C.CCC(N)N. The van der Waals surface area contributed by atoms with Gasteiger partial charge in [0, 0.05) is 0 Å². The molecule has 0 heterocycles. The van der Waals surface area contributed by atoms with Crippen molar-refractivity contribution in [2.24, 2.45) is 11.5 Å². The van der Waals surface area contributed by atoms with Crippen LogP contribution >= 0.6 is 0 Å². The third-order valence-corrected chi connectivity index (χ3v) is 0.664. The zero-order valence-electron chi connectivity index (χ0n) is 6.42. The maximum atomic E-state index is 5.07. The predicted octanol–water partition coefficient (Wildman–Crippen LogP) is 0.930. The van der Waals surface area contributed by atoms with Crippen molar-refractivity contribution in [2.75, 3.05) is 0 Å². The second kappa shape index (κ2) is 11.1. The normalized spacial score (nSPS) is 7.60. The molecule has 0 aromatic rings. The van der Waals surface area contributed by atoms with Crippen molar-refractivity contribution in [2.45, 2.75) is 19.5 Å². The number of nitrogens with two attached hydrogens (primary N) is 2. The van der Waals surface area contributed by atoms with E-state index in [1.807, 2.05) is 6.92 Å². The van der Waals surface area contributed by atoms with Crippen LogP contribution in [0.25, 0.3) is 0 Å². The van der Waals surface area contributed by atoms with Crippen molar-refractivity contribution in [3.63, 3.8) is 0 Å². The smallest absolute Gasteiger partial charge is 0.0829 e. The summed E-state index contributed by atoms with van der Waals surface area (Å²) in [6.07, 6.45) is 3.37. The maximum absolute atomic E-state index is 5.07. The van der Waals surface area contributed by atoms with Gasteiger partial charge < -0.3 is 16.2 Å². The van der Waals surface area contributed by atoms with E-state index in [4.69, 9.17) is 11.5 Å². The van der Waals surface area contributed by atoms with Crippen LogP contribution in [0.5, 0.6) is 0 Å². The van der Waals surface area contributed by atoms with Crippen LogP contribution in [0.3, 0.4) is 0 Å². The van der Waals surface area contributed by atoms with Gasteiger partial charge in [-0.05, 0) is 6.42 Å². The summed E-state index contributed by atoms with van der Waals surface area (Å²) < 4.78 is 4.36. The van der Waals surface area contributed by atoms with Crippen LogP contribution in [0.2, 0.25) is 0 Å². The fourth-order valence-corrected chi connectivity index (χ4v) is 0.0680. The molecule has 0 bridgehead atoms. The summed E-state index contributed by atoms with van der Waals surface area (Å²) in [5.41, 5.74) is 10.1. The molecule has 0 rings (SSSR count). The lowest BCUT2D eigenvalue weighted by atomic mass is 10.4. The van der Waals surface area contributed by atoms with Crippen molar-refractivity contribution >= 4 is 0 Å². The Kier molecular flexibility index (Phi) is 13.2. The second-order valence-electron chi connectivity index (χ2n) is 1.54. The van der Waals surface area contributed by atoms with Gasteiger partial charge in [0.25, 0.3) is 0 Å². The minimum atomic E-state index is -0.116. The third kappa shape index (κ3) is 27.0. The first-order valence-electron chi connectivity index (χ1n) is 3.07. The van der Waals surface area contributed by atoms with E-state index in [0.29, 0.717) is 0 Å². The zero-order chi connectivity index (χ0) is 8.41. The first kappa shape index (κ1) is 11.9. The predicted molar refractivity (Wildman–Crippen MR) is 43.9 cm³/mol. The molecular formula is C7H16N2O. The molecule has 0 fully saturated rings. The summed E-state index contributed by atoms with van der Waals surface area (Å²) in [4.78, 5) is 0. The first-order chi connectivity index (χ1) is 4.68. The third-order valence-electron chi connectivity index (χ3n) is 0.664. The maximum Gasteiger partial charge on any atom is 0.0829 e. The van der Waals surface area contributed by atoms with E-state index in [1.165, 1.54) is 12.5 Å². The van der Waals surface area contributed by atoms with Gasteiger partial charge in [-0.1, -0.05) is 20.1 Å². The molecular weight excluding hydrogens is 128 g/mol. The van der Waals surface area contributed by atoms with Crippen molar-refractivity contribution in [3.05, 3.63) is 25.7 Å². The molecule has 0 aromatic carbocycles. The Morgan fingerprint density at radius 2 is 1.70 bits per heavy atom. The molecule has 0 unspecified atom stereocenters. The Balaban J connectivity index is 0. The molecule has 0 saturated heterocycles. The van der Waals surface area contributed by atoms with Crippen molar-refractivity contribution < 1.29 is 4.74 Å². The molecule has 0 saturated carbocycles. The van der Waals surface area contributed by atoms with Crippen LogP contribution < -0.4 is 11.5 Å². The minimum absolute atomic E-state index is 0.116. The average molecular weight is 144 g/mol. The highest BCUT2D eigenvalue weighted by Gasteiger charge is 1.79. The molecule has 0 radical (unpaired) electrons. The fourth-order valence-electron chi connectivity index (χ4n) is 0.0680. The van der Waals surface area contributed by atoms with Crippen LogP contribution in [0.1, 0.15) is 13.3 Å². The molecule has 10 heavy (non-hydrogen) atoms. The number of rotatable bonds is 3. The van der Waals surface area contributed by atoms with E-state index in [9.17, 15) is 0 Å². The molecule has 0 aromatic heterocycles. The summed E-state index contributed by atoms with van der Waals surface area (Å²) in [6, 6.07) is 0. The van der Waals surface area contributed by atoms with E-state index >= 15 is 0 Å². The summed E-state index contributed by atoms with van der Waals surface area (Å²) >= 11 is 0. The average Bonchev–Trinajstić information content (AvgIpc) is 1.91. The van der Waals surface area contributed by atoms with Gasteiger partial charge in [0.1, 0.15) is 0 Å². The van der Waals surface area contributed by atoms with E-state index in [-0.39, 0.29) is 6.17 Å². The van der Waals surface area contributed by atoms with Gasteiger partial charge in [0.2, 0.25) is 0 Å². The molecule has 0 spiro atoms. The standard InChI is InChI=1S/C4H6O.C3H10N2/c1-3-5-4-2;1-2-3(4)5/h3-4H,1-2H2;3H,2,4-5H2,1H3. The lowest BCUT2D eigenvalue weighted by Crippen LogP contribution is -2.28. The van der Waals surface area contributed by atoms with Gasteiger partial charge in [-0.15, -0.1) is 0 Å². The van der Waals surface area contributed by atoms with E-state index < -0.39 is 0 Å². The molecule has 0 aliphatic heterocycles. The quantitative estimate of drug-likeness (QED) is 0.457. The molecule has 0 aliphatic rings. The van der Waals surface area contributed by atoms with Crippen molar-refractivity contribution in [1.82, 2.24) is 0 Å².